The van der Waals surface area contributed by atoms with Crippen molar-refractivity contribution in [2.24, 2.45) is 11.8 Å². The molecule has 0 spiro atoms. The van der Waals surface area contributed by atoms with Gasteiger partial charge in [-0.25, -0.2) is 0 Å². The molecule has 182 valence electrons. The predicted octanol–water partition coefficient (Wildman–Crippen LogP) is 4.65. The molecule has 3 heterocycles. The number of benzene rings is 1. The van der Waals surface area contributed by atoms with Gasteiger partial charge in [0.25, 0.3) is 0 Å². The molecule has 6 nitrogen and oxygen atoms in total. The van der Waals surface area contributed by atoms with Gasteiger partial charge in [0, 0.05) is 49.6 Å². The first-order valence-electron chi connectivity index (χ1n) is 12.4. The summed E-state index contributed by atoms with van der Waals surface area (Å²) in [4.78, 5) is 46.2. The number of likely N-dealkylation sites (tertiary alicyclic amines) is 1. The number of carbonyl (C=O) groups excluding carboxylic acids is 3. The molecule has 0 N–H and O–H groups in total. The van der Waals surface area contributed by atoms with Gasteiger partial charge < -0.3 is 14.7 Å². The molecule has 2 saturated heterocycles. The lowest BCUT2D eigenvalue weighted by atomic mass is 9.92. The maximum atomic E-state index is 13.7. The second kappa shape index (κ2) is 10.7. The molecule has 2 unspecified atom stereocenters. The van der Waals surface area contributed by atoms with E-state index in [0.717, 1.165) is 35.5 Å². The standard InChI is InChI=1S/C27H35N3O3S/c1-4-5-14-28(3)26(32)20-12-15-29(16-13-20)27(33)22-18-24(31)30(21-10-8-19(2)9-11-21)25(22)23-7-6-17-34-23/h6-11,17,20,22,25H,4-5,12-16,18H2,1-3H3. The number of anilines is 1. The molecule has 1 aromatic carbocycles. The Kier molecular flexibility index (Phi) is 7.71. The maximum Gasteiger partial charge on any atom is 0.228 e. The molecule has 2 aliphatic heterocycles. The van der Waals surface area contributed by atoms with Crippen LogP contribution < -0.4 is 4.90 Å². The molecular formula is C27H35N3O3S. The number of thiophene rings is 1. The second-order valence-corrected chi connectivity index (χ2v) is 10.6. The van der Waals surface area contributed by atoms with Gasteiger partial charge in [0.05, 0.1) is 12.0 Å². The van der Waals surface area contributed by atoms with Crippen molar-refractivity contribution in [3.63, 3.8) is 0 Å². The fraction of sp³-hybridized carbons (Fsp3) is 0.519. The Labute approximate surface area is 206 Å². The molecule has 2 fully saturated rings. The van der Waals surface area contributed by atoms with Gasteiger partial charge >= 0.3 is 0 Å². The van der Waals surface area contributed by atoms with Crippen LogP contribution in [0.3, 0.4) is 0 Å². The van der Waals surface area contributed by atoms with Crippen LogP contribution in [0.25, 0.3) is 0 Å². The molecule has 3 amide bonds. The highest BCUT2D eigenvalue weighted by atomic mass is 32.1. The zero-order valence-electron chi connectivity index (χ0n) is 20.4. The molecule has 4 rings (SSSR count). The van der Waals surface area contributed by atoms with Crippen LogP contribution in [0, 0.1) is 18.8 Å². The highest BCUT2D eigenvalue weighted by Crippen LogP contribution is 2.44. The number of aryl methyl sites for hydroxylation is 1. The van der Waals surface area contributed by atoms with Gasteiger partial charge in [0.2, 0.25) is 17.7 Å². The lowest BCUT2D eigenvalue weighted by molar-refractivity contribution is -0.142. The topological polar surface area (TPSA) is 60.9 Å². The lowest BCUT2D eigenvalue weighted by Gasteiger charge is -2.36. The van der Waals surface area contributed by atoms with Crippen molar-refractivity contribution < 1.29 is 14.4 Å². The first kappa shape index (κ1) is 24.5. The van der Waals surface area contributed by atoms with Gasteiger partial charge in [-0.3, -0.25) is 14.4 Å². The van der Waals surface area contributed by atoms with E-state index in [2.05, 4.69) is 6.92 Å². The van der Waals surface area contributed by atoms with Crippen molar-refractivity contribution in [3.8, 4) is 0 Å². The molecule has 7 heteroatoms. The van der Waals surface area contributed by atoms with Crippen LogP contribution in [0.15, 0.2) is 41.8 Å². The van der Waals surface area contributed by atoms with Crippen LogP contribution in [0.1, 0.15) is 55.5 Å². The molecule has 2 atom stereocenters. The molecule has 2 aliphatic rings. The summed E-state index contributed by atoms with van der Waals surface area (Å²) in [6.07, 6.45) is 3.67. The monoisotopic (exact) mass is 481 g/mol. The summed E-state index contributed by atoms with van der Waals surface area (Å²) in [5, 5.41) is 2.00. The van der Waals surface area contributed by atoms with Crippen LogP contribution in [0.2, 0.25) is 0 Å². The van der Waals surface area contributed by atoms with Gasteiger partial charge in [-0.1, -0.05) is 37.1 Å². The quantitative estimate of drug-likeness (QED) is 0.578. The van der Waals surface area contributed by atoms with E-state index in [9.17, 15) is 14.4 Å². The minimum absolute atomic E-state index is 0.0109. The molecule has 0 radical (unpaired) electrons. The summed E-state index contributed by atoms with van der Waals surface area (Å²) in [6, 6.07) is 11.6. The summed E-state index contributed by atoms with van der Waals surface area (Å²) in [5.74, 6) is -0.214. The number of amides is 3. The van der Waals surface area contributed by atoms with Gasteiger partial charge in [-0.2, -0.15) is 0 Å². The van der Waals surface area contributed by atoms with E-state index in [-0.39, 0.29) is 36.1 Å². The van der Waals surface area contributed by atoms with E-state index in [4.69, 9.17) is 0 Å². The van der Waals surface area contributed by atoms with Crippen LogP contribution in [0.4, 0.5) is 5.69 Å². The average Bonchev–Trinajstić information content (AvgIpc) is 3.50. The number of piperidine rings is 1. The SMILES string of the molecule is CCCCN(C)C(=O)C1CCN(C(=O)C2CC(=O)N(c3ccc(C)cc3)C2c2cccs2)CC1. The molecule has 0 aliphatic carbocycles. The van der Waals surface area contributed by atoms with Crippen molar-refractivity contribution in [1.29, 1.82) is 0 Å². The Bertz CT molecular complexity index is 997. The zero-order valence-corrected chi connectivity index (χ0v) is 21.2. The second-order valence-electron chi connectivity index (χ2n) is 9.58. The zero-order chi connectivity index (χ0) is 24.2. The Morgan fingerprint density at radius 2 is 1.82 bits per heavy atom. The first-order valence-corrected chi connectivity index (χ1v) is 13.2. The largest absolute Gasteiger partial charge is 0.346 e. The average molecular weight is 482 g/mol. The fourth-order valence-corrected chi connectivity index (χ4v) is 6.03. The van der Waals surface area contributed by atoms with Gasteiger partial charge in [0.15, 0.2) is 0 Å². The normalized spacial score (nSPS) is 21.2. The highest BCUT2D eigenvalue weighted by Gasteiger charge is 2.47. The van der Waals surface area contributed by atoms with E-state index >= 15 is 0 Å². The van der Waals surface area contributed by atoms with E-state index in [0.29, 0.717) is 25.9 Å². The number of rotatable bonds is 7. The summed E-state index contributed by atoms with van der Waals surface area (Å²) >= 11 is 1.59. The fourth-order valence-electron chi connectivity index (χ4n) is 5.15. The number of carbonyl (C=O) groups is 3. The van der Waals surface area contributed by atoms with Crippen molar-refractivity contribution in [3.05, 3.63) is 52.2 Å². The number of hydrogen-bond donors (Lipinski definition) is 0. The Morgan fingerprint density at radius 3 is 2.44 bits per heavy atom. The van der Waals surface area contributed by atoms with Gasteiger partial charge in [-0.05, 0) is 49.8 Å². The Hall–Kier alpha value is -2.67. The van der Waals surface area contributed by atoms with Crippen molar-refractivity contribution >= 4 is 34.7 Å². The van der Waals surface area contributed by atoms with E-state index in [1.165, 1.54) is 0 Å². The van der Waals surface area contributed by atoms with E-state index in [1.54, 1.807) is 11.3 Å². The summed E-state index contributed by atoms with van der Waals surface area (Å²) in [5.41, 5.74) is 1.97. The van der Waals surface area contributed by atoms with E-state index < -0.39 is 5.92 Å². The van der Waals surface area contributed by atoms with Crippen LogP contribution in [0.5, 0.6) is 0 Å². The third-order valence-electron chi connectivity index (χ3n) is 7.17. The summed E-state index contributed by atoms with van der Waals surface area (Å²) in [6.45, 7) is 6.08. The van der Waals surface area contributed by atoms with Crippen molar-refractivity contribution in [2.75, 3.05) is 31.6 Å². The van der Waals surface area contributed by atoms with E-state index in [1.807, 2.05) is 70.4 Å². The molecule has 0 bridgehead atoms. The lowest BCUT2D eigenvalue weighted by Crippen LogP contribution is -2.46. The molecular weight excluding hydrogens is 446 g/mol. The number of nitrogens with zero attached hydrogens (tertiary/aromatic N) is 3. The summed E-state index contributed by atoms with van der Waals surface area (Å²) < 4.78 is 0. The molecule has 2 aromatic rings. The van der Waals surface area contributed by atoms with Crippen molar-refractivity contribution in [1.82, 2.24) is 9.80 Å². The minimum Gasteiger partial charge on any atom is -0.346 e. The molecule has 34 heavy (non-hydrogen) atoms. The van der Waals surface area contributed by atoms with Crippen LogP contribution in [-0.2, 0) is 14.4 Å². The third kappa shape index (κ3) is 5.04. The minimum atomic E-state index is -0.410. The van der Waals surface area contributed by atoms with Crippen LogP contribution >= 0.6 is 11.3 Å². The van der Waals surface area contributed by atoms with Crippen LogP contribution in [-0.4, -0.2) is 54.2 Å². The summed E-state index contributed by atoms with van der Waals surface area (Å²) in [7, 11) is 1.88. The Morgan fingerprint density at radius 1 is 1.12 bits per heavy atom. The highest BCUT2D eigenvalue weighted by molar-refractivity contribution is 7.10. The molecule has 0 saturated carbocycles. The van der Waals surface area contributed by atoms with Crippen molar-refractivity contribution in [2.45, 2.75) is 52.0 Å². The van der Waals surface area contributed by atoms with Gasteiger partial charge in [-0.15, -0.1) is 11.3 Å². The smallest absolute Gasteiger partial charge is 0.228 e. The first-order chi connectivity index (χ1) is 16.4. The Balaban J connectivity index is 1.48. The third-order valence-corrected chi connectivity index (χ3v) is 8.11. The maximum absolute atomic E-state index is 13.7. The number of unbranched alkanes of at least 4 members (excludes halogenated alkanes) is 1. The predicted molar refractivity (Wildman–Crippen MR) is 136 cm³/mol. The molecule has 1 aromatic heterocycles. The van der Waals surface area contributed by atoms with Gasteiger partial charge in [0.1, 0.15) is 0 Å². The number of hydrogen-bond acceptors (Lipinski definition) is 4.